The van der Waals surface area contributed by atoms with Crippen molar-refractivity contribution < 1.29 is 31.2 Å². The molecule has 0 atom stereocenters. The van der Waals surface area contributed by atoms with Gasteiger partial charge in [-0.05, 0) is 36.4 Å². The van der Waals surface area contributed by atoms with Gasteiger partial charge in [-0.25, -0.2) is 12.7 Å². The number of rotatable bonds is 4. The normalized spacial score (nSPS) is 15.5. The first-order valence-corrected chi connectivity index (χ1v) is 9.18. The number of hydrogen-bond donors (Lipinski definition) is 1. The van der Waals surface area contributed by atoms with Crippen LogP contribution in [0.4, 0.5) is 13.2 Å². The van der Waals surface area contributed by atoms with E-state index in [2.05, 4.69) is 5.32 Å². The summed E-state index contributed by atoms with van der Waals surface area (Å²) in [6, 6.07) is 9.36. The van der Waals surface area contributed by atoms with E-state index in [0.717, 1.165) is 24.3 Å². The summed E-state index contributed by atoms with van der Waals surface area (Å²) in [6.45, 7) is -0.471. The summed E-state index contributed by atoms with van der Waals surface area (Å²) in [5.41, 5.74) is -0.834. The van der Waals surface area contributed by atoms with Crippen molar-refractivity contribution in [3.05, 3.63) is 65.2 Å². The molecule has 1 aliphatic rings. The lowest BCUT2D eigenvalue weighted by atomic mass is 10.1. The molecule has 0 unspecified atom stereocenters. The number of nitrogens with zero attached hydrogens (tertiary/aromatic N) is 1. The fourth-order valence-corrected chi connectivity index (χ4v) is 4.21. The number of halogens is 3. The van der Waals surface area contributed by atoms with Crippen LogP contribution in [0, 0.1) is 0 Å². The fourth-order valence-electron chi connectivity index (χ4n) is 2.64. The summed E-state index contributed by atoms with van der Waals surface area (Å²) in [5.74, 6) is -1.36. The maximum Gasteiger partial charge on any atom is 0.416 e. The molecule has 1 N–H and O–H groups in total. The van der Waals surface area contributed by atoms with Gasteiger partial charge in [-0.2, -0.15) is 13.2 Å². The van der Waals surface area contributed by atoms with Gasteiger partial charge in [0.25, 0.3) is 21.8 Å². The van der Waals surface area contributed by atoms with Crippen molar-refractivity contribution in [3.63, 3.8) is 0 Å². The minimum Gasteiger partial charge on any atom is -0.350 e. The standard InChI is InChI=1S/C17H13F3N2O4S/c18-17(19,20)12-7-5-11(6-8-12)15(23)21-9-10-22-16(24)13-3-1-2-4-14(13)27(22,25)26/h1-8H,9-10H2,(H,21,23). The monoisotopic (exact) mass is 398 g/mol. The van der Waals surface area contributed by atoms with Gasteiger partial charge in [0.1, 0.15) is 4.90 Å². The van der Waals surface area contributed by atoms with Crippen LogP contribution in [0.3, 0.4) is 0 Å². The van der Waals surface area contributed by atoms with E-state index in [4.69, 9.17) is 0 Å². The Kier molecular flexibility index (Phi) is 4.68. The average molecular weight is 398 g/mol. The van der Waals surface area contributed by atoms with Crippen molar-refractivity contribution in [2.45, 2.75) is 11.1 Å². The van der Waals surface area contributed by atoms with Crippen molar-refractivity contribution in [2.24, 2.45) is 0 Å². The van der Waals surface area contributed by atoms with Crippen LogP contribution in [0.25, 0.3) is 0 Å². The lowest BCUT2D eigenvalue weighted by Crippen LogP contribution is -2.38. The Balaban J connectivity index is 1.64. The van der Waals surface area contributed by atoms with E-state index in [0.29, 0.717) is 4.31 Å². The zero-order valence-electron chi connectivity index (χ0n) is 13.7. The van der Waals surface area contributed by atoms with Crippen molar-refractivity contribution in [1.82, 2.24) is 9.62 Å². The maximum atomic E-state index is 12.5. The highest BCUT2D eigenvalue weighted by Gasteiger charge is 2.40. The average Bonchev–Trinajstić information content (AvgIpc) is 2.82. The number of nitrogens with one attached hydrogen (secondary N) is 1. The number of benzene rings is 2. The molecule has 3 rings (SSSR count). The summed E-state index contributed by atoms with van der Waals surface area (Å²) in [7, 11) is -3.97. The van der Waals surface area contributed by atoms with Gasteiger partial charge in [0.15, 0.2) is 0 Å². The molecular weight excluding hydrogens is 385 g/mol. The van der Waals surface area contributed by atoms with Gasteiger partial charge in [-0.15, -0.1) is 0 Å². The number of amides is 2. The van der Waals surface area contributed by atoms with E-state index in [-0.39, 0.29) is 29.1 Å². The molecule has 142 valence electrons. The third kappa shape index (κ3) is 3.52. The molecule has 0 aromatic heterocycles. The molecule has 0 spiro atoms. The Bertz CT molecular complexity index is 1000. The zero-order valence-corrected chi connectivity index (χ0v) is 14.5. The molecule has 0 radical (unpaired) electrons. The van der Waals surface area contributed by atoms with E-state index in [1.54, 1.807) is 6.07 Å². The SMILES string of the molecule is O=C(NCCN1C(=O)c2ccccc2S1(=O)=O)c1ccc(C(F)(F)F)cc1. The Morgan fingerprint density at radius 1 is 1.04 bits per heavy atom. The maximum absolute atomic E-state index is 12.5. The summed E-state index contributed by atoms with van der Waals surface area (Å²) >= 11 is 0. The first-order valence-electron chi connectivity index (χ1n) is 7.74. The highest BCUT2D eigenvalue weighted by atomic mass is 32.2. The van der Waals surface area contributed by atoms with E-state index < -0.39 is 33.6 Å². The Morgan fingerprint density at radius 3 is 2.26 bits per heavy atom. The Morgan fingerprint density at radius 2 is 1.67 bits per heavy atom. The van der Waals surface area contributed by atoms with E-state index >= 15 is 0 Å². The molecule has 0 fully saturated rings. The number of alkyl halides is 3. The lowest BCUT2D eigenvalue weighted by molar-refractivity contribution is -0.137. The van der Waals surface area contributed by atoms with Crippen LogP contribution in [-0.2, 0) is 16.2 Å². The van der Waals surface area contributed by atoms with Crippen LogP contribution >= 0.6 is 0 Å². The predicted octanol–water partition coefficient (Wildman–Crippen LogP) is 2.28. The van der Waals surface area contributed by atoms with Crippen LogP contribution in [0.2, 0.25) is 0 Å². The van der Waals surface area contributed by atoms with E-state index in [1.807, 2.05) is 0 Å². The Hall–Kier alpha value is -2.88. The van der Waals surface area contributed by atoms with E-state index in [1.165, 1.54) is 18.2 Å². The molecule has 0 bridgehead atoms. The van der Waals surface area contributed by atoms with Crippen LogP contribution < -0.4 is 5.32 Å². The van der Waals surface area contributed by atoms with Crippen molar-refractivity contribution >= 4 is 21.8 Å². The van der Waals surface area contributed by atoms with Crippen LogP contribution in [0.1, 0.15) is 26.3 Å². The number of carbonyl (C=O) groups is 2. The molecule has 1 aliphatic heterocycles. The van der Waals surface area contributed by atoms with Crippen LogP contribution in [0.5, 0.6) is 0 Å². The zero-order chi connectivity index (χ0) is 19.8. The third-order valence-corrected chi connectivity index (χ3v) is 5.83. The molecule has 2 amide bonds. The quantitative estimate of drug-likeness (QED) is 0.857. The molecule has 0 saturated heterocycles. The largest absolute Gasteiger partial charge is 0.416 e. The first-order chi connectivity index (χ1) is 12.6. The first kappa shape index (κ1) is 18.9. The number of sulfonamides is 1. The van der Waals surface area contributed by atoms with Gasteiger partial charge in [-0.1, -0.05) is 12.1 Å². The molecule has 0 aliphatic carbocycles. The van der Waals surface area contributed by atoms with Gasteiger partial charge in [0.05, 0.1) is 17.7 Å². The molecular formula is C17H13F3N2O4S. The van der Waals surface area contributed by atoms with Crippen molar-refractivity contribution in [2.75, 3.05) is 13.1 Å². The second-order valence-electron chi connectivity index (χ2n) is 5.71. The lowest BCUT2D eigenvalue weighted by Gasteiger charge is -2.15. The predicted molar refractivity (Wildman–Crippen MR) is 88.4 cm³/mol. The van der Waals surface area contributed by atoms with E-state index in [9.17, 15) is 31.2 Å². The molecule has 1 heterocycles. The minimum atomic E-state index is -4.51. The smallest absolute Gasteiger partial charge is 0.350 e. The van der Waals surface area contributed by atoms with Crippen LogP contribution in [-0.4, -0.2) is 37.6 Å². The fraction of sp³-hybridized carbons (Fsp3) is 0.176. The van der Waals surface area contributed by atoms with Crippen molar-refractivity contribution in [3.8, 4) is 0 Å². The highest BCUT2D eigenvalue weighted by molar-refractivity contribution is 7.90. The summed E-state index contributed by atoms with van der Waals surface area (Å²) in [6.07, 6.45) is -4.51. The number of carbonyl (C=O) groups excluding carboxylic acids is 2. The topological polar surface area (TPSA) is 83.6 Å². The minimum absolute atomic E-state index is 0.0121. The molecule has 2 aromatic rings. The second-order valence-corrected chi connectivity index (χ2v) is 7.54. The molecule has 10 heteroatoms. The molecule has 6 nitrogen and oxygen atoms in total. The van der Waals surface area contributed by atoms with Gasteiger partial charge in [-0.3, -0.25) is 9.59 Å². The van der Waals surface area contributed by atoms with Crippen LogP contribution in [0.15, 0.2) is 53.4 Å². The summed E-state index contributed by atoms with van der Waals surface area (Å²) in [4.78, 5) is 24.1. The number of hydrogen-bond acceptors (Lipinski definition) is 4. The highest BCUT2D eigenvalue weighted by Crippen LogP contribution is 2.30. The second kappa shape index (κ2) is 6.69. The molecule has 27 heavy (non-hydrogen) atoms. The summed E-state index contributed by atoms with van der Waals surface area (Å²) in [5, 5.41) is 2.39. The molecule has 2 aromatic carbocycles. The van der Waals surface area contributed by atoms with Gasteiger partial charge < -0.3 is 5.32 Å². The van der Waals surface area contributed by atoms with Gasteiger partial charge >= 0.3 is 6.18 Å². The number of fused-ring (bicyclic) bond motifs is 1. The third-order valence-electron chi connectivity index (χ3n) is 3.99. The van der Waals surface area contributed by atoms with Gasteiger partial charge in [0, 0.05) is 12.1 Å². The Labute approximate surface area is 152 Å². The van der Waals surface area contributed by atoms with Gasteiger partial charge in [0.2, 0.25) is 0 Å². The van der Waals surface area contributed by atoms with Crippen molar-refractivity contribution in [1.29, 1.82) is 0 Å². The summed E-state index contributed by atoms with van der Waals surface area (Å²) < 4.78 is 62.9. The molecule has 0 saturated carbocycles.